The lowest BCUT2D eigenvalue weighted by molar-refractivity contribution is -0.00229. The summed E-state index contributed by atoms with van der Waals surface area (Å²) in [6.07, 6.45) is 1.01. The van der Waals surface area contributed by atoms with Crippen molar-refractivity contribution in [1.82, 2.24) is 9.80 Å². The summed E-state index contributed by atoms with van der Waals surface area (Å²) >= 11 is 0. The molecule has 116 valence electrons. The number of furan rings is 1. The molecule has 5 heteroatoms. The number of piperazine rings is 1. The number of ether oxygens (including phenoxy) is 1. The Kier molecular flexibility index (Phi) is 3.80. The van der Waals surface area contributed by atoms with Crippen LogP contribution in [0.5, 0.6) is 0 Å². The van der Waals surface area contributed by atoms with Crippen LogP contribution in [0.15, 0.2) is 10.5 Å². The Hall–Kier alpha value is -1.33. The molecule has 1 atom stereocenters. The van der Waals surface area contributed by atoms with Crippen LogP contribution in [0.1, 0.15) is 35.2 Å². The van der Waals surface area contributed by atoms with E-state index >= 15 is 0 Å². The van der Waals surface area contributed by atoms with Gasteiger partial charge in [0.25, 0.3) is 5.91 Å². The first-order chi connectivity index (χ1) is 10.1. The first-order valence-corrected chi connectivity index (χ1v) is 7.75. The molecule has 1 spiro atoms. The van der Waals surface area contributed by atoms with Gasteiger partial charge in [-0.3, -0.25) is 9.69 Å². The molecule has 0 radical (unpaired) electrons. The Labute approximate surface area is 125 Å². The van der Waals surface area contributed by atoms with Crippen LogP contribution < -0.4 is 0 Å². The van der Waals surface area contributed by atoms with Gasteiger partial charge in [0.05, 0.1) is 17.7 Å². The fraction of sp³-hybridized carbons (Fsp3) is 0.688. The van der Waals surface area contributed by atoms with Crippen molar-refractivity contribution in [3.05, 3.63) is 23.2 Å². The predicted molar refractivity (Wildman–Crippen MR) is 79.5 cm³/mol. The molecule has 0 aliphatic carbocycles. The van der Waals surface area contributed by atoms with Crippen molar-refractivity contribution < 1.29 is 13.9 Å². The number of hydrogen-bond donors (Lipinski definition) is 0. The zero-order chi connectivity index (χ0) is 15.0. The normalized spacial score (nSPS) is 26.7. The average molecular weight is 292 g/mol. The second-order valence-electron chi connectivity index (χ2n) is 6.16. The van der Waals surface area contributed by atoms with E-state index in [1.807, 2.05) is 24.8 Å². The fourth-order valence-corrected chi connectivity index (χ4v) is 3.66. The lowest BCUT2D eigenvalue weighted by Gasteiger charge is -2.47. The quantitative estimate of drug-likeness (QED) is 0.834. The van der Waals surface area contributed by atoms with Crippen LogP contribution in [0.3, 0.4) is 0 Å². The van der Waals surface area contributed by atoms with E-state index in [2.05, 4.69) is 11.8 Å². The molecule has 2 aliphatic heterocycles. The summed E-state index contributed by atoms with van der Waals surface area (Å²) in [4.78, 5) is 17.2. The second kappa shape index (κ2) is 5.46. The third-order valence-corrected chi connectivity index (χ3v) is 4.82. The van der Waals surface area contributed by atoms with Gasteiger partial charge in [0.2, 0.25) is 0 Å². The minimum absolute atomic E-state index is 0.00927. The molecule has 0 saturated carbocycles. The zero-order valence-corrected chi connectivity index (χ0v) is 13.1. The summed E-state index contributed by atoms with van der Waals surface area (Å²) in [6, 6.07) is 1.85. The monoisotopic (exact) mass is 292 g/mol. The third-order valence-electron chi connectivity index (χ3n) is 4.82. The minimum Gasteiger partial charge on any atom is -0.466 e. The van der Waals surface area contributed by atoms with Gasteiger partial charge in [0.1, 0.15) is 11.5 Å². The van der Waals surface area contributed by atoms with E-state index in [-0.39, 0.29) is 11.4 Å². The molecule has 2 saturated heterocycles. The number of amides is 1. The standard InChI is InChI=1S/C16H24N2O3/c1-4-18-7-6-17(10-16(18)5-8-20-11-16)15(19)14-9-12(2)21-13(14)3/h9H,4-8,10-11H2,1-3H3. The maximum absolute atomic E-state index is 12.8. The van der Waals surface area contributed by atoms with Crippen LogP contribution in [0.2, 0.25) is 0 Å². The Morgan fingerprint density at radius 2 is 2.19 bits per heavy atom. The Balaban J connectivity index is 1.81. The van der Waals surface area contributed by atoms with Crippen LogP contribution in [0.4, 0.5) is 0 Å². The SMILES string of the molecule is CCN1CCN(C(=O)c2cc(C)oc2C)CC12CCOC2. The Bertz CT molecular complexity index is 532. The van der Waals surface area contributed by atoms with Gasteiger partial charge in [0.15, 0.2) is 0 Å². The fourth-order valence-electron chi connectivity index (χ4n) is 3.66. The van der Waals surface area contributed by atoms with Gasteiger partial charge >= 0.3 is 0 Å². The smallest absolute Gasteiger partial charge is 0.257 e. The van der Waals surface area contributed by atoms with E-state index in [1.165, 1.54) is 0 Å². The molecular weight excluding hydrogens is 268 g/mol. The highest BCUT2D eigenvalue weighted by Gasteiger charge is 2.45. The maximum Gasteiger partial charge on any atom is 0.257 e. The molecule has 3 rings (SSSR count). The molecule has 5 nitrogen and oxygen atoms in total. The van der Waals surface area contributed by atoms with Gasteiger partial charge in [-0.15, -0.1) is 0 Å². The highest BCUT2D eigenvalue weighted by Crippen LogP contribution is 2.31. The summed E-state index contributed by atoms with van der Waals surface area (Å²) in [5.74, 6) is 1.60. The first-order valence-electron chi connectivity index (χ1n) is 7.75. The molecule has 21 heavy (non-hydrogen) atoms. The van der Waals surface area contributed by atoms with E-state index in [1.54, 1.807) is 0 Å². The summed E-state index contributed by atoms with van der Waals surface area (Å²) in [5, 5.41) is 0. The van der Waals surface area contributed by atoms with Crippen molar-refractivity contribution in [2.75, 3.05) is 39.4 Å². The Morgan fingerprint density at radius 1 is 1.38 bits per heavy atom. The van der Waals surface area contributed by atoms with Crippen LogP contribution in [0, 0.1) is 13.8 Å². The summed E-state index contributed by atoms with van der Waals surface area (Å²) in [5.41, 5.74) is 0.710. The van der Waals surface area contributed by atoms with Crippen molar-refractivity contribution in [3.63, 3.8) is 0 Å². The molecule has 3 heterocycles. The van der Waals surface area contributed by atoms with E-state index in [9.17, 15) is 4.79 Å². The molecule has 1 unspecified atom stereocenters. The van der Waals surface area contributed by atoms with Gasteiger partial charge in [-0.2, -0.15) is 0 Å². The number of rotatable bonds is 2. The van der Waals surface area contributed by atoms with Crippen LogP contribution in [-0.4, -0.2) is 60.6 Å². The molecule has 2 aliphatic rings. The van der Waals surface area contributed by atoms with Crippen LogP contribution in [-0.2, 0) is 4.74 Å². The molecule has 0 bridgehead atoms. The summed E-state index contributed by atoms with van der Waals surface area (Å²) < 4.78 is 11.1. The molecule has 2 fully saturated rings. The number of hydrogen-bond acceptors (Lipinski definition) is 4. The number of likely N-dealkylation sites (N-methyl/N-ethyl adjacent to an activating group) is 1. The van der Waals surface area contributed by atoms with Crippen molar-refractivity contribution in [1.29, 1.82) is 0 Å². The lowest BCUT2D eigenvalue weighted by Crippen LogP contribution is -2.63. The van der Waals surface area contributed by atoms with Crippen molar-refractivity contribution in [3.8, 4) is 0 Å². The van der Waals surface area contributed by atoms with E-state index in [4.69, 9.17) is 9.15 Å². The van der Waals surface area contributed by atoms with Gasteiger partial charge in [-0.25, -0.2) is 0 Å². The first kappa shape index (κ1) is 14.6. The van der Waals surface area contributed by atoms with Crippen LogP contribution in [0.25, 0.3) is 0 Å². The summed E-state index contributed by atoms with van der Waals surface area (Å²) in [6.45, 7) is 10.9. The molecule has 0 aromatic carbocycles. The summed E-state index contributed by atoms with van der Waals surface area (Å²) in [7, 11) is 0. The number of carbonyl (C=O) groups excluding carboxylic acids is 1. The molecule has 1 aromatic heterocycles. The minimum atomic E-state index is 0.00927. The van der Waals surface area contributed by atoms with E-state index < -0.39 is 0 Å². The maximum atomic E-state index is 12.8. The van der Waals surface area contributed by atoms with Gasteiger partial charge in [-0.05, 0) is 32.9 Å². The van der Waals surface area contributed by atoms with Crippen molar-refractivity contribution >= 4 is 5.91 Å². The van der Waals surface area contributed by atoms with Gasteiger partial charge in [0, 0.05) is 26.2 Å². The predicted octanol–water partition coefficient (Wildman–Crippen LogP) is 1.83. The largest absolute Gasteiger partial charge is 0.466 e. The average Bonchev–Trinajstić information content (AvgIpc) is 3.05. The van der Waals surface area contributed by atoms with Crippen molar-refractivity contribution in [2.45, 2.75) is 32.7 Å². The second-order valence-corrected chi connectivity index (χ2v) is 6.16. The van der Waals surface area contributed by atoms with Crippen LogP contribution >= 0.6 is 0 Å². The Morgan fingerprint density at radius 3 is 2.76 bits per heavy atom. The highest BCUT2D eigenvalue weighted by atomic mass is 16.5. The molecular formula is C16H24N2O3. The topological polar surface area (TPSA) is 45.9 Å². The van der Waals surface area contributed by atoms with E-state index in [0.29, 0.717) is 11.3 Å². The van der Waals surface area contributed by atoms with Gasteiger partial charge < -0.3 is 14.1 Å². The van der Waals surface area contributed by atoms with Crippen molar-refractivity contribution in [2.24, 2.45) is 0 Å². The number of aryl methyl sites for hydroxylation is 2. The molecule has 1 amide bonds. The lowest BCUT2D eigenvalue weighted by atomic mass is 9.92. The number of nitrogens with zero attached hydrogens (tertiary/aromatic N) is 2. The third kappa shape index (κ3) is 2.49. The highest BCUT2D eigenvalue weighted by molar-refractivity contribution is 5.95. The molecule has 1 aromatic rings. The molecule has 0 N–H and O–H groups in total. The van der Waals surface area contributed by atoms with E-state index in [0.717, 1.165) is 51.6 Å². The number of carbonyl (C=O) groups is 1. The van der Waals surface area contributed by atoms with Gasteiger partial charge in [-0.1, -0.05) is 6.92 Å². The zero-order valence-electron chi connectivity index (χ0n) is 13.1.